The molecule has 2 bridgehead atoms. The van der Waals surface area contributed by atoms with Gasteiger partial charge in [-0.2, -0.15) is 0 Å². The Bertz CT molecular complexity index is 1270. The van der Waals surface area contributed by atoms with E-state index in [4.69, 9.17) is 0 Å². The summed E-state index contributed by atoms with van der Waals surface area (Å²) in [5.41, 5.74) is 2.12. The second-order valence-electron chi connectivity index (χ2n) is 8.45. The summed E-state index contributed by atoms with van der Waals surface area (Å²) in [4.78, 5) is 41.5. The van der Waals surface area contributed by atoms with Gasteiger partial charge in [-0.3, -0.25) is 14.8 Å². The number of hydrogen-bond donors (Lipinski definition) is 1. The molecule has 4 aliphatic rings. The monoisotopic (exact) mass is 425 g/mol. The number of nitrogens with zero attached hydrogens (tertiary/aromatic N) is 2. The van der Waals surface area contributed by atoms with Crippen LogP contribution in [-0.2, 0) is 19.8 Å². The van der Waals surface area contributed by atoms with E-state index in [0.717, 1.165) is 33.4 Å². The van der Waals surface area contributed by atoms with Gasteiger partial charge < -0.3 is 15.2 Å². The van der Waals surface area contributed by atoms with E-state index in [0.29, 0.717) is 0 Å². The van der Waals surface area contributed by atoms with Crippen LogP contribution in [0.2, 0.25) is 0 Å². The van der Waals surface area contributed by atoms with Gasteiger partial charge in [0.1, 0.15) is 6.29 Å². The molecule has 0 spiro atoms. The van der Waals surface area contributed by atoms with E-state index in [2.05, 4.69) is 0 Å². The molecule has 158 valence electrons. The normalized spacial score (nSPS) is 27.1. The molecule has 1 fully saturated rings. The van der Waals surface area contributed by atoms with Crippen molar-refractivity contribution in [2.75, 3.05) is 10.1 Å². The Morgan fingerprint density at radius 3 is 2.12 bits per heavy atom. The van der Waals surface area contributed by atoms with Crippen LogP contribution >= 0.6 is 0 Å². The van der Waals surface area contributed by atoms with Crippen molar-refractivity contribution in [1.82, 2.24) is 0 Å². The van der Waals surface area contributed by atoms with Crippen LogP contribution in [-0.4, -0.2) is 23.3 Å². The molecule has 3 aliphatic carbocycles. The maximum absolute atomic E-state index is 13.8. The molecule has 7 heteroatoms. The third-order valence-electron chi connectivity index (χ3n) is 7.18. The van der Waals surface area contributed by atoms with Crippen LogP contribution in [0.1, 0.15) is 28.2 Å². The number of amides is 2. The Balaban J connectivity index is 1.61. The van der Waals surface area contributed by atoms with E-state index in [1.807, 2.05) is 48.5 Å². The Morgan fingerprint density at radius 2 is 1.53 bits per heavy atom. The van der Waals surface area contributed by atoms with Crippen LogP contribution in [0, 0.1) is 17.0 Å². The first-order chi connectivity index (χ1) is 15.5. The average Bonchev–Trinajstić information content (AvgIpc) is 3.10. The van der Waals surface area contributed by atoms with E-state index in [-0.39, 0.29) is 22.5 Å². The molecule has 32 heavy (non-hydrogen) atoms. The zero-order valence-corrected chi connectivity index (χ0v) is 16.7. The van der Waals surface area contributed by atoms with Crippen molar-refractivity contribution >= 4 is 29.5 Å². The first-order valence-electron chi connectivity index (χ1n) is 10.3. The number of anilines is 2. The fraction of sp³-hybridized carbons (Fsp3) is 0.160. The standard InChI is InChI=1S/C25H17N2O5/c28-13-25-18-10-3-1-8-16(18)20(17-9-2-4-11-19(17)25)21-22(25)24(30)26(23(21)29)14-6-5-7-15(12-14)27(31)32/h1-13,20-22,31H/q-1/t20?,21-,22+,25?/m0/s1. The summed E-state index contributed by atoms with van der Waals surface area (Å²) in [6, 6.07) is 20.7. The number of carbonyl (C=O) groups excluding carboxylic acids is 3. The Kier molecular flexibility index (Phi) is 3.75. The van der Waals surface area contributed by atoms with E-state index < -0.39 is 29.1 Å². The lowest BCUT2D eigenvalue weighted by atomic mass is 9.48. The molecule has 1 N–H and O–H groups in total. The van der Waals surface area contributed by atoms with Gasteiger partial charge in [-0.05, 0) is 40.5 Å². The molecule has 1 heterocycles. The molecule has 1 saturated heterocycles. The lowest BCUT2D eigenvalue weighted by molar-refractivity contribution is -0.128. The van der Waals surface area contributed by atoms with Crippen molar-refractivity contribution < 1.29 is 19.6 Å². The van der Waals surface area contributed by atoms with Crippen LogP contribution in [0.3, 0.4) is 0 Å². The maximum Gasteiger partial charge on any atom is 0.239 e. The van der Waals surface area contributed by atoms with E-state index in [1.165, 1.54) is 24.3 Å². The molecule has 2 amide bonds. The molecule has 3 aromatic rings. The molecule has 2 atom stereocenters. The molecular formula is C25H17N2O5-. The summed E-state index contributed by atoms with van der Waals surface area (Å²) in [5, 5.41) is 20.3. The third-order valence-corrected chi connectivity index (χ3v) is 7.18. The molecule has 0 unspecified atom stereocenters. The maximum atomic E-state index is 13.8. The van der Waals surface area contributed by atoms with Crippen LogP contribution in [0.15, 0.2) is 72.8 Å². The zero-order chi connectivity index (χ0) is 22.2. The molecule has 0 aromatic heterocycles. The fourth-order valence-corrected chi connectivity index (χ4v) is 6.04. The summed E-state index contributed by atoms with van der Waals surface area (Å²) >= 11 is 0. The Labute approximate surface area is 183 Å². The SMILES string of the molecule is O=CC12c3ccccc3C(c3ccccc31)[C@@H]1C(=O)N(c3cccc(N([O-])O)c3)C(=O)[C@@H]12. The van der Waals surface area contributed by atoms with E-state index in [9.17, 15) is 24.8 Å². The highest BCUT2D eigenvalue weighted by molar-refractivity contribution is 6.25. The van der Waals surface area contributed by atoms with Crippen molar-refractivity contribution in [1.29, 1.82) is 0 Å². The highest BCUT2D eigenvalue weighted by Crippen LogP contribution is 2.63. The number of hydrogen-bond acceptors (Lipinski definition) is 6. The minimum atomic E-state index is -1.27. The number of imide groups is 1. The van der Waals surface area contributed by atoms with Gasteiger partial charge in [0.05, 0.1) is 28.6 Å². The minimum Gasteiger partial charge on any atom is -0.733 e. The number of aldehydes is 1. The van der Waals surface area contributed by atoms with Gasteiger partial charge in [0, 0.05) is 5.92 Å². The summed E-state index contributed by atoms with van der Waals surface area (Å²) in [5.74, 6) is -2.86. The fourth-order valence-electron chi connectivity index (χ4n) is 6.04. The van der Waals surface area contributed by atoms with Crippen LogP contribution < -0.4 is 10.1 Å². The van der Waals surface area contributed by atoms with Gasteiger partial charge in [0.2, 0.25) is 11.8 Å². The number of carbonyl (C=O) groups is 3. The molecule has 0 saturated carbocycles. The smallest absolute Gasteiger partial charge is 0.239 e. The van der Waals surface area contributed by atoms with Crippen molar-refractivity contribution in [2.45, 2.75) is 11.3 Å². The molecule has 7 rings (SSSR count). The molecule has 1 aliphatic heterocycles. The van der Waals surface area contributed by atoms with E-state index in [1.54, 1.807) is 0 Å². The lowest BCUT2D eigenvalue weighted by Gasteiger charge is -2.51. The van der Waals surface area contributed by atoms with Gasteiger partial charge >= 0.3 is 0 Å². The summed E-state index contributed by atoms with van der Waals surface area (Å²) in [6.45, 7) is 0. The van der Waals surface area contributed by atoms with Crippen molar-refractivity contribution in [3.05, 3.63) is 100 Å². The summed E-state index contributed by atoms with van der Waals surface area (Å²) in [6.07, 6.45) is 0.815. The Hall–Kier alpha value is -3.81. The quantitative estimate of drug-likeness (QED) is 0.393. The van der Waals surface area contributed by atoms with Gasteiger partial charge in [-0.15, -0.1) is 0 Å². The second kappa shape index (κ2) is 6.35. The van der Waals surface area contributed by atoms with Crippen molar-refractivity contribution in [3.63, 3.8) is 0 Å². The molecular weight excluding hydrogens is 408 g/mol. The lowest BCUT2D eigenvalue weighted by Crippen LogP contribution is -2.54. The number of rotatable bonds is 3. The third kappa shape index (κ3) is 2.09. The summed E-state index contributed by atoms with van der Waals surface area (Å²) < 4.78 is 0. The summed E-state index contributed by atoms with van der Waals surface area (Å²) in [7, 11) is 0. The van der Waals surface area contributed by atoms with Gasteiger partial charge in [0.15, 0.2) is 0 Å². The van der Waals surface area contributed by atoms with Crippen LogP contribution in [0.25, 0.3) is 0 Å². The highest BCUT2D eigenvalue weighted by Gasteiger charge is 2.68. The molecule has 3 aromatic carbocycles. The molecule has 0 radical (unpaired) electrons. The van der Waals surface area contributed by atoms with Crippen LogP contribution in [0.5, 0.6) is 0 Å². The van der Waals surface area contributed by atoms with Crippen LogP contribution in [0.4, 0.5) is 11.4 Å². The minimum absolute atomic E-state index is 0.0994. The Morgan fingerprint density at radius 1 is 0.906 bits per heavy atom. The topological polar surface area (TPSA) is 101 Å². The van der Waals surface area contributed by atoms with Crippen molar-refractivity contribution in [2.24, 2.45) is 11.8 Å². The first-order valence-corrected chi connectivity index (χ1v) is 10.3. The van der Waals surface area contributed by atoms with Gasteiger partial charge in [-0.1, -0.05) is 54.6 Å². The predicted octanol–water partition coefficient (Wildman–Crippen LogP) is 3.13. The molecule has 7 nitrogen and oxygen atoms in total. The number of benzene rings is 3. The zero-order valence-electron chi connectivity index (χ0n) is 16.7. The second-order valence-corrected chi connectivity index (χ2v) is 8.45. The first kappa shape index (κ1) is 18.9. The largest absolute Gasteiger partial charge is 0.733 e. The average molecular weight is 425 g/mol. The van der Waals surface area contributed by atoms with E-state index >= 15 is 0 Å². The predicted molar refractivity (Wildman–Crippen MR) is 115 cm³/mol. The van der Waals surface area contributed by atoms with Crippen molar-refractivity contribution in [3.8, 4) is 0 Å². The highest BCUT2D eigenvalue weighted by atomic mass is 16.8. The van der Waals surface area contributed by atoms with Gasteiger partial charge in [0.25, 0.3) is 0 Å². The van der Waals surface area contributed by atoms with Gasteiger partial charge in [-0.25, -0.2) is 4.90 Å².